The fraction of sp³-hybridized carbons (Fsp3) is 0.600. The van der Waals surface area contributed by atoms with Crippen molar-refractivity contribution in [3.8, 4) is 0 Å². The molecule has 0 saturated carbocycles. The molecule has 0 amide bonds. The SMILES string of the molecule is CNCC1OCCN(C(C)C)C1c1c(Cl)cccc1Cl. The molecule has 2 rings (SSSR count). The number of hydrogen-bond donors (Lipinski definition) is 1. The number of likely N-dealkylation sites (N-methyl/N-ethyl adjacent to an activating group) is 1. The average molecular weight is 317 g/mol. The van der Waals surface area contributed by atoms with Crippen molar-refractivity contribution in [1.29, 1.82) is 0 Å². The zero-order valence-electron chi connectivity index (χ0n) is 12.2. The molecule has 0 aliphatic carbocycles. The predicted octanol–water partition coefficient (Wildman–Crippen LogP) is 3.36. The molecule has 1 saturated heterocycles. The molecule has 2 atom stereocenters. The molecule has 0 bridgehead atoms. The predicted molar refractivity (Wildman–Crippen MR) is 84.7 cm³/mol. The van der Waals surface area contributed by atoms with E-state index in [0.717, 1.165) is 25.3 Å². The number of benzene rings is 1. The highest BCUT2D eigenvalue weighted by Gasteiger charge is 2.36. The maximum Gasteiger partial charge on any atom is 0.0897 e. The summed E-state index contributed by atoms with van der Waals surface area (Å²) < 4.78 is 5.95. The smallest absolute Gasteiger partial charge is 0.0897 e. The normalized spacial score (nSPS) is 24.3. The third-order valence-electron chi connectivity index (χ3n) is 3.75. The third kappa shape index (κ3) is 3.29. The van der Waals surface area contributed by atoms with Crippen LogP contribution in [-0.2, 0) is 4.74 Å². The van der Waals surface area contributed by atoms with Gasteiger partial charge in [-0.1, -0.05) is 29.3 Å². The molecule has 0 radical (unpaired) electrons. The van der Waals surface area contributed by atoms with Gasteiger partial charge in [-0.25, -0.2) is 0 Å². The van der Waals surface area contributed by atoms with Crippen LogP contribution in [0.1, 0.15) is 25.5 Å². The molecule has 1 aliphatic rings. The lowest BCUT2D eigenvalue weighted by Crippen LogP contribution is -2.51. The summed E-state index contributed by atoms with van der Waals surface area (Å²) in [6, 6.07) is 6.16. The van der Waals surface area contributed by atoms with Crippen LogP contribution in [0.15, 0.2) is 18.2 Å². The Kier molecular flexibility index (Phi) is 5.70. The highest BCUT2D eigenvalue weighted by atomic mass is 35.5. The van der Waals surface area contributed by atoms with Crippen molar-refractivity contribution >= 4 is 23.2 Å². The van der Waals surface area contributed by atoms with Gasteiger partial charge < -0.3 is 10.1 Å². The van der Waals surface area contributed by atoms with Gasteiger partial charge in [0, 0.05) is 34.7 Å². The molecule has 1 aliphatic heterocycles. The molecule has 1 heterocycles. The Morgan fingerprint density at radius 3 is 2.55 bits per heavy atom. The van der Waals surface area contributed by atoms with Crippen molar-refractivity contribution in [2.45, 2.75) is 32.0 Å². The van der Waals surface area contributed by atoms with Crippen LogP contribution in [0.4, 0.5) is 0 Å². The van der Waals surface area contributed by atoms with Gasteiger partial charge in [-0.3, -0.25) is 4.90 Å². The van der Waals surface area contributed by atoms with Gasteiger partial charge in [0.15, 0.2) is 0 Å². The van der Waals surface area contributed by atoms with Gasteiger partial charge in [0.05, 0.1) is 18.8 Å². The monoisotopic (exact) mass is 316 g/mol. The van der Waals surface area contributed by atoms with Gasteiger partial charge in [0.25, 0.3) is 0 Å². The first-order valence-corrected chi connectivity index (χ1v) is 7.77. The lowest BCUT2D eigenvalue weighted by molar-refractivity contribution is -0.0814. The van der Waals surface area contributed by atoms with Crippen LogP contribution in [0.3, 0.4) is 0 Å². The molecule has 0 aromatic heterocycles. The van der Waals surface area contributed by atoms with Crippen molar-refractivity contribution in [2.24, 2.45) is 0 Å². The number of nitrogens with zero attached hydrogens (tertiary/aromatic N) is 1. The molecular weight excluding hydrogens is 295 g/mol. The van der Waals surface area contributed by atoms with E-state index in [1.54, 1.807) is 0 Å². The van der Waals surface area contributed by atoms with E-state index in [2.05, 4.69) is 24.1 Å². The van der Waals surface area contributed by atoms with Crippen molar-refractivity contribution in [1.82, 2.24) is 10.2 Å². The first-order chi connectivity index (χ1) is 9.56. The second kappa shape index (κ2) is 7.10. The first kappa shape index (κ1) is 16.1. The topological polar surface area (TPSA) is 24.5 Å². The summed E-state index contributed by atoms with van der Waals surface area (Å²) in [5.74, 6) is 0. The van der Waals surface area contributed by atoms with E-state index in [0.29, 0.717) is 16.1 Å². The van der Waals surface area contributed by atoms with Gasteiger partial charge >= 0.3 is 0 Å². The van der Waals surface area contributed by atoms with E-state index >= 15 is 0 Å². The van der Waals surface area contributed by atoms with Crippen molar-refractivity contribution < 1.29 is 4.74 Å². The van der Waals surface area contributed by atoms with Gasteiger partial charge in [0.1, 0.15) is 0 Å². The van der Waals surface area contributed by atoms with Crippen LogP contribution >= 0.6 is 23.2 Å². The molecule has 3 nitrogen and oxygen atoms in total. The first-order valence-electron chi connectivity index (χ1n) is 7.02. The average Bonchev–Trinajstić information content (AvgIpc) is 2.40. The molecule has 2 unspecified atom stereocenters. The van der Waals surface area contributed by atoms with Gasteiger partial charge in [-0.15, -0.1) is 0 Å². The van der Waals surface area contributed by atoms with Crippen LogP contribution in [0.5, 0.6) is 0 Å². The van der Waals surface area contributed by atoms with Gasteiger partial charge in [0.2, 0.25) is 0 Å². The Morgan fingerprint density at radius 2 is 2.00 bits per heavy atom. The summed E-state index contributed by atoms with van der Waals surface area (Å²) in [5, 5.41) is 4.61. The maximum absolute atomic E-state index is 6.41. The van der Waals surface area contributed by atoms with Crippen molar-refractivity contribution in [3.63, 3.8) is 0 Å². The van der Waals surface area contributed by atoms with E-state index in [1.807, 2.05) is 25.2 Å². The summed E-state index contributed by atoms with van der Waals surface area (Å²) in [7, 11) is 1.93. The summed E-state index contributed by atoms with van der Waals surface area (Å²) in [6.07, 6.45) is 0.0496. The van der Waals surface area contributed by atoms with Crippen LogP contribution in [0.25, 0.3) is 0 Å². The van der Waals surface area contributed by atoms with E-state index in [1.165, 1.54) is 0 Å². The summed E-state index contributed by atoms with van der Waals surface area (Å²) in [5.41, 5.74) is 0.976. The summed E-state index contributed by atoms with van der Waals surface area (Å²) in [4.78, 5) is 2.42. The fourth-order valence-electron chi connectivity index (χ4n) is 2.85. The van der Waals surface area contributed by atoms with Crippen molar-refractivity contribution in [2.75, 3.05) is 26.7 Å². The summed E-state index contributed by atoms with van der Waals surface area (Å²) in [6.45, 7) is 6.79. The minimum Gasteiger partial charge on any atom is -0.374 e. The zero-order chi connectivity index (χ0) is 14.7. The molecule has 20 heavy (non-hydrogen) atoms. The number of halogens is 2. The number of rotatable bonds is 4. The lowest BCUT2D eigenvalue weighted by atomic mass is 9.96. The van der Waals surface area contributed by atoms with Crippen LogP contribution in [0.2, 0.25) is 10.0 Å². The van der Waals surface area contributed by atoms with E-state index < -0.39 is 0 Å². The lowest BCUT2D eigenvalue weighted by Gasteiger charge is -2.44. The summed E-state index contributed by atoms with van der Waals surface area (Å²) >= 11 is 12.8. The molecule has 112 valence electrons. The van der Waals surface area contributed by atoms with Gasteiger partial charge in [-0.05, 0) is 33.0 Å². The van der Waals surface area contributed by atoms with Gasteiger partial charge in [-0.2, -0.15) is 0 Å². The molecule has 0 spiro atoms. The molecule has 1 fully saturated rings. The standard InChI is InChI=1S/C15H22Cl2N2O/c1-10(2)19-7-8-20-13(9-18-3)15(19)14-11(16)5-4-6-12(14)17/h4-6,10,13,15,18H,7-9H2,1-3H3. The molecule has 5 heteroatoms. The van der Waals surface area contributed by atoms with E-state index in [4.69, 9.17) is 27.9 Å². The Balaban J connectivity index is 2.43. The minimum absolute atomic E-state index is 0.0496. The highest BCUT2D eigenvalue weighted by Crippen LogP contribution is 2.39. The Bertz CT molecular complexity index is 431. The largest absolute Gasteiger partial charge is 0.374 e. The Morgan fingerprint density at radius 1 is 1.35 bits per heavy atom. The van der Waals surface area contributed by atoms with Crippen LogP contribution < -0.4 is 5.32 Å². The highest BCUT2D eigenvalue weighted by molar-refractivity contribution is 6.36. The second-order valence-corrected chi connectivity index (χ2v) is 6.19. The maximum atomic E-state index is 6.41. The van der Waals surface area contributed by atoms with Crippen molar-refractivity contribution in [3.05, 3.63) is 33.8 Å². The second-order valence-electron chi connectivity index (χ2n) is 5.38. The minimum atomic E-state index is 0.0496. The van der Waals surface area contributed by atoms with Crippen LogP contribution in [-0.4, -0.2) is 43.8 Å². The van der Waals surface area contributed by atoms with E-state index in [-0.39, 0.29) is 12.1 Å². The Labute approximate surface area is 131 Å². The molecule has 1 aromatic rings. The fourth-order valence-corrected chi connectivity index (χ4v) is 3.47. The third-order valence-corrected chi connectivity index (χ3v) is 4.41. The number of hydrogen-bond acceptors (Lipinski definition) is 3. The zero-order valence-corrected chi connectivity index (χ0v) is 13.7. The quantitative estimate of drug-likeness (QED) is 0.921. The number of nitrogens with one attached hydrogen (secondary N) is 1. The molecular formula is C15H22Cl2N2O. The molecule has 1 N–H and O–H groups in total. The Hall–Kier alpha value is -0.320. The number of morpholine rings is 1. The van der Waals surface area contributed by atoms with Crippen LogP contribution in [0, 0.1) is 0 Å². The molecule has 1 aromatic carbocycles. The van der Waals surface area contributed by atoms with E-state index in [9.17, 15) is 0 Å². The number of ether oxygens (including phenoxy) is 1.